The Bertz CT molecular complexity index is 297. The zero-order valence-corrected chi connectivity index (χ0v) is 10.5. The molecule has 0 spiro atoms. The molecule has 0 heterocycles. The lowest BCUT2D eigenvalue weighted by Gasteiger charge is -2.47. The van der Waals surface area contributed by atoms with Gasteiger partial charge in [-0.15, -0.1) is 0 Å². The van der Waals surface area contributed by atoms with Crippen LogP contribution >= 0.6 is 0 Å². The van der Waals surface area contributed by atoms with Crippen LogP contribution in [0.3, 0.4) is 0 Å². The van der Waals surface area contributed by atoms with Gasteiger partial charge in [0.25, 0.3) is 0 Å². The van der Waals surface area contributed by atoms with Crippen LogP contribution in [0.2, 0.25) is 0 Å². The Balaban J connectivity index is 2.24. The first-order valence-electron chi connectivity index (χ1n) is 6.39. The van der Waals surface area contributed by atoms with Gasteiger partial charge in [-0.25, -0.2) is 0 Å². The predicted octanol–water partition coefficient (Wildman–Crippen LogP) is 4.73. The minimum Gasteiger partial charge on any atom is -0.0999 e. The summed E-state index contributed by atoms with van der Waals surface area (Å²) in [5.41, 5.74) is 3.63. The van der Waals surface area contributed by atoms with Crippen molar-refractivity contribution in [1.29, 1.82) is 0 Å². The molecule has 0 nitrogen and oxygen atoms in total. The molecule has 2 aliphatic rings. The van der Waals surface area contributed by atoms with Crippen molar-refractivity contribution < 1.29 is 0 Å². The first-order valence-corrected chi connectivity index (χ1v) is 6.39. The summed E-state index contributed by atoms with van der Waals surface area (Å²) < 4.78 is 0. The summed E-state index contributed by atoms with van der Waals surface area (Å²) in [6.07, 6.45) is 9.21. The minimum atomic E-state index is 0.486. The Hall–Kier alpha value is -0.520. The third-order valence-electron chi connectivity index (χ3n) is 4.94. The highest BCUT2D eigenvalue weighted by atomic mass is 14.5. The summed E-state index contributed by atoms with van der Waals surface area (Å²) in [7, 11) is 0. The minimum absolute atomic E-state index is 0.486. The summed E-state index contributed by atoms with van der Waals surface area (Å²) >= 11 is 0. The van der Waals surface area contributed by atoms with Gasteiger partial charge in [-0.2, -0.15) is 0 Å². The molecule has 1 saturated carbocycles. The van der Waals surface area contributed by atoms with E-state index in [4.69, 9.17) is 0 Å². The van der Waals surface area contributed by atoms with Crippen molar-refractivity contribution >= 4 is 0 Å². The second kappa shape index (κ2) is 3.81. The number of allylic oxidation sites excluding steroid dienone is 3. The summed E-state index contributed by atoms with van der Waals surface area (Å²) in [5, 5.41) is 0. The monoisotopic (exact) mass is 204 g/mol. The first kappa shape index (κ1) is 11.0. The zero-order chi connectivity index (χ0) is 11.1. The van der Waals surface area contributed by atoms with Crippen molar-refractivity contribution in [2.24, 2.45) is 17.3 Å². The number of rotatable bonds is 1. The van der Waals surface area contributed by atoms with Gasteiger partial charge in [-0.3, -0.25) is 0 Å². The first-order chi connectivity index (χ1) is 7.04. The molecule has 0 aromatic rings. The maximum absolute atomic E-state index is 4.15. The lowest BCUT2D eigenvalue weighted by Crippen LogP contribution is -2.36. The van der Waals surface area contributed by atoms with Crippen molar-refractivity contribution in [2.75, 3.05) is 0 Å². The van der Waals surface area contributed by atoms with Gasteiger partial charge in [0.1, 0.15) is 0 Å². The van der Waals surface area contributed by atoms with Crippen molar-refractivity contribution in [2.45, 2.75) is 52.9 Å². The quantitative estimate of drug-likeness (QED) is 0.542. The molecular formula is C15H24. The van der Waals surface area contributed by atoms with Crippen LogP contribution in [-0.4, -0.2) is 0 Å². The van der Waals surface area contributed by atoms with Crippen LogP contribution in [-0.2, 0) is 0 Å². The molecular weight excluding hydrogens is 180 g/mol. The number of hydrogen-bond acceptors (Lipinski definition) is 0. The fourth-order valence-electron chi connectivity index (χ4n) is 3.46. The standard InChI is InChI=1S/C15H24/c1-11(2)13-8-9-14-7-5-6-12(3)15(14,4)10-13/h7,12-13H,1,5-6,8-10H2,2-4H3/t12-,13+,15+/m0/s1. The predicted molar refractivity (Wildman–Crippen MR) is 66.7 cm³/mol. The highest BCUT2D eigenvalue weighted by Crippen LogP contribution is 2.53. The van der Waals surface area contributed by atoms with E-state index in [0.717, 1.165) is 11.8 Å². The van der Waals surface area contributed by atoms with Crippen molar-refractivity contribution in [3.8, 4) is 0 Å². The van der Waals surface area contributed by atoms with E-state index < -0.39 is 0 Å². The zero-order valence-electron chi connectivity index (χ0n) is 10.5. The molecule has 0 unspecified atom stereocenters. The third kappa shape index (κ3) is 1.79. The van der Waals surface area contributed by atoms with E-state index in [0.29, 0.717) is 5.41 Å². The van der Waals surface area contributed by atoms with Gasteiger partial charge in [0.05, 0.1) is 0 Å². The van der Waals surface area contributed by atoms with E-state index in [1.54, 1.807) is 5.57 Å². The van der Waals surface area contributed by atoms with Gasteiger partial charge < -0.3 is 0 Å². The van der Waals surface area contributed by atoms with Crippen LogP contribution < -0.4 is 0 Å². The molecule has 0 aromatic carbocycles. The Morgan fingerprint density at radius 2 is 2.20 bits per heavy atom. The normalized spacial score (nSPS) is 40.6. The fraction of sp³-hybridized carbons (Fsp3) is 0.733. The van der Waals surface area contributed by atoms with Crippen LogP contribution in [0.25, 0.3) is 0 Å². The summed E-state index contributed by atoms with van der Waals surface area (Å²) in [4.78, 5) is 0. The topological polar surface area (TPSA) is 0 Å². The molecule has 0 aliphatic heterocycles. The van der Waals surface area contributed by atoms with Gasteiger partial charge in [0, 0.05) is 0 Å². The lowest BCUT2D eigenvalue weighted by molar-refractivity contribution is 0.151. The molecule has 0 saturated heterocycles. The average Bonchev–Trinajstić information content (AvgIpc) is 2.19. The van der Waals surface area contributed by atoms with Crippen molar-refractivity contribution in [3.05, 3.63) is 23.8 Å². The van der Waals surface area contributed by atoms with Crippen molar-refractivity contribution in [3.63, 3.8) is 0 Å². The largest absolute Gasteiger partial charge is 0.0999 e. The van der Waals surface area contributed by atoms with Gasteiger partial charge in [-0.05, 0) is 56.3 Å². The highest BCUT2D eigenvalue weighted by molar-refractivity contribution is 5.23. The second-order valence-electron chi connectivity index (χ2n) is 5.91. The summed E-state index contributed by atoms with van der Waals surface area (Å²) in [5.74, 6) is 1.63. The van der Waals surface area contributed by atoms with Crippen LogP contribution in [0.4, 0.5) is 0 Å². The SMILES string of the molecule is C=C(C)[C@@H]1CCC2=CCC[C@H](C)[C@@]2(C)C1. The van der Waals surface area contributed by atoms with Gasteiger partial charge in [-0.1, -0.05) is 37.6 Å². The van der Waals surface area contributed by atoms with Gasteiger partial charge in [0.2, 0.25) is 0 Å². The van der Waals surface area contributed by atoms with Crippen LogP contribution in [0.1, 0.15) is 52.9 Å². The van der Waals surface area contributed by atoms with E-state index in [9.17, 15) is 0 Å². The number of fused-ring (bicyclic) bond motifs is 1. The Kier molecular flexibility index (Phi) is 2.79. The third-order valence-corrected chi connectivity index (χ3v) is 4.94. The summed E-state index contributed by atoms with van der Waals surface area (Å²) in [6, 6.07) is 0. The molecule has 3 atom stereocenters. The molecule has 1 fully saturated rings. The lowest BCUT2D eigenvalue weighted by atomic mass is 9.58. The molecule has 0 heteroatoms. The summed E-state index contributed by atoms with van der Waals surface area (Å²) in [6.45, 7) is 11.3. The molecule has 0 bridgehead atoms. The van der Waals surface area contributed by atoms with Gasteiger partial charge in [0.15, 0.2) is 0 Å². The molecule has 0 radical (unpaired) electrons. The van der Waals surface area contributed by atoms with Gasteiger partial charge >= 0.3 is 0 Å². The van der Waals surface area contributed by atoms with Crippen LogP contribution in [0, 0.1) is 17.3 Å². The maximum atomic E-state index is 4.15. The van der Waals surface area contributed by atoms with E-state index >= 15 is 0 Å². The van der Waals surface area contributed by atoms with E-state index in [1.165, 1.54) is 37.7 Å². The smallest absolute Gasteiger partial charge is 0.00850 e. The molecule has 84 valence electrons. The molecule has 0 aromatic heterocycles. The molecule has 0 amide bonds. The van der Waals surface area contributed by atoms with Crippen molar-refractivity contribution in [1.82, 2.24) is 0 Å². The number of hydrogen-bond donors (Lipinski definition) is 0. The maximum Gasteiger partial charge on any atom is -0.00850 e. The Morgan fingerprint density at radius 1 is 1.47 bits per heavy atom. The second-order valence-corrected chi connectivity index (χ2v) is 5.91. The van der Waals surface area contributed by atoms with Crippen LogP contribution in [0.5, 0.6) is 0 Å². The Morgan fingerprint density at radius 3 is 2.87 bits per heavy atom. The molecule has 0 N–H and O–H groups in total. The van der Waals surface area contributed by atoms with E-state index in [-0.39, 0.29) is 0 Å². The fourth-order valence-corrected chi connectivity index (χ4v) is 3.46. The molecule has 2 rings (SSSR count). The van der Waals surface area contributed by atoms with Crippen LogP contribution in [0.15, 0.2) is 23.8 Å². The van der Waals surface area contributed by atoms with E-state index in [2.05, 4.69) is 33.4 Å². The van der Waals surface area contributed by atoms with E-state index in [1.807, 2.05) is 0 Å². The average molecular weight is 204 g/mol. The molecule has 15 heavy (non-hydrogen) atoms. The molecule has 2 aliphatic carbocycles. The highest BCUT2D eigenvalue weighted by Gasteiger charge is 2.41. The Labute approximate surface area is 94.5 Å².